The molecule has 2 rings (SSSR count). The van der Waals surface area contributed by atoms with Crippen molar-refractivity contribution in [1.29, 1.82) is 0 Å². The van der Waals surface area contributed by atoms with Crippen molar-refractivity contribution >= 4 is 42.9 Å². The molecule has 0 aliphatic heterocycles. The van der Waals surface area contributed by atoms with Gasteiger partial charge < -0.3 is 0 Å². The Morgan fingerprint density at radius 2 is 2.12 bits per heavy atom. The molecule has 0 saturated carbocycles. The molecule has 86 valence electrons. The van der Waals surface area contributed by atoms with Crippen molar-refractivity contribution in [3.8, 4) is 0 Å². The van der Waals surface area contributed by atoms with Crippen molar-refractivity contribution < 1.29 is 8.42 Å². The Labute approximate surface area is 104 Å². The Morgan fingerprint density at radius 3 is 2.81 bits per heavy atom. The van der Waals surface area contributed by atoms with E-state index >= 15 is 0 Å². The third-order valence-electron chi connectivity index (χ3n) is 2.43. The normalized spacial score (nSPS) is 12.1. The lowest BCUT2D eigenvalue weighted by molar-refractivity contribution is 0.596. The second kappa shape index (κ2) is 4.35. The van der Waals surface area contributed by atoms with Gasteiger partial charge in [0, 0.05) is 15.5 Å². The average molecular weight is 275 g/mol. The van der Waals surface area contributed by atoms with Gasteiger partial charge in [-0.25, -0.2) is 8.42 Å². The van der Waals surface area contributed by atoms with Crippen molar-refractivity contribution in [2.75, 3.05) is 5.75 Å². The number of hydrogen-bond donors (Lipinski definition) is 0. The molecule has 0 fully saturated rings. The number of sulfone groups is 1. The van der Waals surface area contributed by atoms with Gasteiger partial charge in [-0.2, -0.15) is 0 Å². The molecular formula is C11H11ClO2S2. The topological polar surface area (TPSA) is 34.1 Å². The maximum Gasteiger partial charge on any atom is 0.154 e. The van der Waals surface area contributed by atoms with Crippen LogP contribution in [0.25, 0.3) is 10.1 Å². The van der Waals surface area contributed by atoms with E-state index in [9.17, 15) is 8.42 Å². The van der Waals surface area contributed by atoms with E-state index in [1.807, 2.05) is 23.6 Å². The summed E-state index contributed by atoms with van der Waals surface area (Å²) in [5.41, 5.74) is 0.851. The fraction of sp³-hybridized carbons (Fsp3) is 0.273. The molecule has 2 aromatic rings. The molecule has 16 heavy (non-hydrogen) atoms. The number of benzene rings is 1. The lowest BCUT2D eigenvalue weighted by atomic mass is 10.2. The summed E-state index contributed by atoms with van der Waals surface area (Å²) in [4.78, 5) is 0. The highest BCUT2D eigenvalue weighted by atomic mass is 35.5. The number of thiophene rings is 1. The van der Waals surface area contributed by atoms with Gasteiger partial charge in [-0.1, -0.05) is 18.5 Å². The zero-order valence-electron chi connectivity index (χ0n) is 8.73. The van der Waals surface area contributed by atoms with E-state index in [2.05, 4.69) is 0 Å². The van der Waals surface area contributed by atoms with Crippen molar-refractivity contribution in [2.24, 2.45) is 0 Å². The lowest BCUT2D eigenvalue weighted by Crippen LogP contribution is -2.05. The van der Waals surface area contributed by atoms with E-state index in [-0.39, 0.29) is 11.5 Å². The molecule has 0 atom stereocenters. The summed E-state index contributed by atoms with van der Waals surface area (Å²) in [6.07, 6.45) is 0. The van der Waals surface area contributed by atoms with Crippen LogP contribution in [0.4, 0.5) is 0 Å². The molecule has 1 aromatic carbocycles. The average Bonchev–Trinajstić information content (AvgIpc) is 2.61. The molecule has 0 aliphatic carbocycles. The molecule has 0 saturated heterocycles. The van der Waals surface area contributed by atoms with E-state index in [4.69, 9.17) is 11.6 Å². The molecule has 0 bridgehead atoms. The molecule has 0 aliphatic rings. The van der Waals surface area contributed by atoms with Gasteiger partial charge in [0.05, 0.1) is 5.75 Å². The fourth-order valence-electron chi connectivity index (χ4n) is 1.50. The van der Waals surface area contributed by atoms with Crippen molar-refractivity contribution in [3.05, 3.63) is 34.2 Å². The van der Waals surface area contributed by atoms with E-state index in [0.29, 0.717) is 5.02 Å². The molecule has 0 amide bonds. The van der Waals surface area contributed by atoms with Crippen LogP contribution in [0.15, 0.2) is 23.6 Å². The van der Waals surface area contributed by atoms with Gasteiger partial charge in [0.1, 0.15) is 0 Å². The highest BCUT2D eigenvalue weighted by molar-refractivity contribution is 7.90. The summed E-state index contributed by atoms with van der Waals surface area (Å²) in [5.74, 6) is 0.273. The van der Waals surface area contributed by atoms with Gasteiger partial charge in [-0.3, -0.25) is 0 Å². The second-order valence-corrected chi connectivity index (χ2v) is 7.28. The summed E-state index contributed by atoms with van der Waals surface area (Å²) in [6, 6.07) is 5.57. The van der Waals surface area contributed by atoms with Crippen LogP contribution < -0.4 is 0 Å². The van der Waals surface area contributed by atoms with E-state index in [1.165, 1.54) is 0 Å². The van der Waals surface area contributed by atoms with Crippen LogP contribution in [0.3, 0.4) is 0 Å². The zero-order valence-corrected chi connectivity index (χ0v) is 11.1. The molecule has 0 unspecified atom stereocenters. The summed E-state index contributed by atoms with van der Waals surface area (Å²) >= 11 is 7.46. The van der Waals surface area contributed by atoms with E-state index in [1.54, 1.807) is 18.3 Å². The third-order valence-corrected chi connectivity index (χ3v) is 5.31. The Morgan fingerprint density at radius 1 is 1.38 bits per heavy atom. The number of hydrogen-bond acceptors (Lipinski definition) is 3. The van der Waals surface area contributed by atoms with Crippen LogP contribution in [0, 0.1) is 0 Å². The van der Waals surface area contributed by atoms with Gasteiger partial charge in [0.15, 0.2) is 9.84 Å². The molecule has 1 aromatic heterocycles. The zero-order chi connectivity index (χ0) is 11.8. The molecule has 0 N–H and O–H groups in total. The van der Waals surface area contributed by atoms with Gasteiger partial charge in [0.2, 0.25) is 0 Å². The highest BCUT2D eigenvalue weighted by Crippen LogP contribution is 2.29. The van der Waals surface area contributed by atoms with Crippen LogP contribution >= 0.6 is 22.9 Å². The first-order chi connectivity index (χ1) is 7.52. The smallest absolute Gasteiger partial charge is 0.154 e. The predicted octanol–water partition coefficient (Wildman–Crippen LogP) is 3.49. The predicted molar refractivity (Wildman–Crippen MR) is 70.0 cm³/mol. The highest BCUT2D eigenvalue weighted by Gasteiger charge is 2.13. The number of halogens is 1. The molecule has 5 heteroatoms. The lowest BCUT2D eigenvalue weighted by Gasteiger charge is -2.00. The summed E-state index contributed by atoms with van der Waals surface area (Å²) in [6.45, 7) is 1.66. The standard InChI is InChI=1S/C11H11ClO2S2/c1-2-16(13,14)7-8-6-15-11-4-3-9(12)5-10(8)11/h3-6H,2,7H2,1H3. The van der Waals surface area contributed by atoms with Gasteiger partial charge in [0.25, 0.3) is 0 Å². The van der Waals surface area contributed by atoms with Crippen LogP contribution in [0.1, 0.15) is 12.5 Å². The van der Waals surface area contributed by atoms with Crippen molar-refractivity contribution in [1.82, 2.24) is 0 Å². The first-order valence-electron chi connectivity index (χ1n) is 4.88. The van der Waals surface area contributed by atoms with Crippen molar-refractivity contribution in [2.45, 2.75) is 12.7 Å². The third kappa shape index (κ3) is 2.39. The number of rotatable bonds is 3. The molecule has 0 spiro atoms. The summed E-state index contributed by atoms with van der Waals surface area (Å²) in [5, 5.41) is 3.49. The van der Waals surface area contributed by atoms with Crippen LogP contribution in [-0.4, -0.2) is 14.2 Å². The van der Waals surface area contributed by atoms with Gasteiger partial charge >= 0.3 is 0 Å². The Kier molecular flexibility index (Phi) is 3.24. The SMILES string of the molecule is CCS(=O)(=O)Cc1csc2ccc(Cl)cc12. The Hall–Kier alpha value is -0.580. The summed E-state index contributed by atoms with van der Waals surface area (Å²) < 4.78 is 24.2. The van der Waals surface area contributed by atoms with Crippen LogP contribution in [0.5, 0.6) is 0 Å². The van der Waals surface area contributed by atoms with Gasteiger partial charge in [-0.15, -0.1) is 11.3 Å². The summed E-state index contributed by atoms with van der Waals surface area (Å²) in [7, 11) is -2.98. The number of fused-ring (bicyclic) bond motifs is 1. The van der Waals surface area contributed by atoms with Crippen molar-refractivity contribution in [3.63, 3.8) is 0 Å². The second-order valence-electron chi connectivity index (χ2n) is 3.58. The molecule has 2 nitrogen and oxygen atoms in total. The first kappa shape index (κ1) is 11.9. The molecular weight excluding hydrogens is 264 g/mol. The quantitative estimate of drug-likeness (QED) is 0.859. The van der Waals surface area contributed by atoms with Crippen LogP contribution in [0.2, 0.25) is 5.02 Å². The maximum absolute atomic E-state index is 11.6. The molecule has 1 heterocycles. The minimum absolute atomic E-state index is 0.101. The maximum atomic E-state index is 11.6. The Balaban J connectivity index is 2.50. The van der Waals surface area contributed by atoms with E-state index in [0.717, 1.165) is 15.6 Å². The first-order valence-corrected chi connectivity index (χ1v) is 7.96. The molecule has 0 radical (unpaired) electrons. The largest absolute Gasteiger partial charge is 0.229 e. The minimum atomic E-state index is -2.98. The fourth-order valence-corrected chi connectivity index (χ4v) is 3.64. The van der Waals surface area contributed by atoms with Crippen LogP contribution in [-0.2, 0) is 15.6 Å². The Bertz CT molecular complexity index is 614. The van der Waals surface area contributed by atoms with Gasteiger partial charge in [-0.05, 0) is 34.5 Å². The monoisotopic (exact) mass is 274 g/mol. The minimum Gasteiger partial charge on any atom is -0.229 e. The van der Waals surface area contributed by atoms with E-state index < -0.39 is 9.84 Å².